The van der Waals surface area contributed by atoms with Crippen LogP contribution < -0.4 is 15.4 Å². The van der Waals surface area contributed by atoms with Gasteiger partial charge in [0.05, 0.1) is 12.6 Å². The molecule has 2 atom stereocenters. The number of rotatable bonds is 4. The average Bonchev–Trinajstić information content (AvgIpc) is 2.99. The zero-order valence-corrected chi connectivity index (χ0v) is 20.3. The largest absolute Gasteiger partial charge is 0.480 e. The molecule has 2 aliphatic rings. The molecule has 7 heteroatoms. The average molecular weight is 490 g/mol. The molecule has 0 radical (unpaired) electrons. The van der Waals surface area contributed by atoms with Gasteiger partial charge in [-0.1, -0.05) is 48.9 Å². The van der Waals surface area contributed by atoms with Crippen LogP contribution in [-0.4, -0.2) is 22.9 Å². The summed E-state index contributed by atoms with van der Waals surface area (Å²) in [6.45, 7) is 2.39. The SMILES string of the molecule is CCC1Oc2ccc(NC(=O)Nc3cccc(Cl)c3)cc2CN(C2CCCc3ccccc32)C1=O. The van der Waals surface area contributed by atoms with Crippen LogP contribution in [0.3, 0.4) is 0 Å². The number of carbonyl (C=O) groups excluding carboxylic acids is 2. The van der Waals surface area contributed by atoms with Gasteiger partial charge in [0, 0.05) is 22.0 Å². The van der Waals surface area contributed by atoms with E-state index in [2.05, 4.69) is 28.8 Å². The molecule has 35 heavy (non-hydrogen) atoms. The minimum Gasteiger partial charge on any atom is -0.480 e. The first-order valence-corrected chi connectivity index (χ1v) is 12.4. The molecule has 180 valence electrons. The molecule has 1 aliphatic heterocycles. The molecule has 3 amide bonds. The second-order valence-corrected chi connectivity index (χ2v) is 9.44. The third kappa shape index (κ3) is 4.98. The van der Waals surface area contributed by atoms with Gasteiger partial charge in [-0.25, -0.2) is 4.79 Å². The molecule has 2 unspecified atom stereocenters. The van der Waals surface area contributed by atoms with E-state index in [0.29, 0.717) is 35.1 Å². The number of urea groups is 1. The van der Waals surface area contributed by atoms with Crippen molar-refractivity contribution in [1.82, 2.24) is 4.90 Å². The monoisotopic (exact) mass is 489 g/mol. The molecule has 0 spiro atoms. The lowest BCUT2D eigenvalue weighted by atomic mass is 9.86. The first kappa shape index (κ1) is 23.2. The van der Waals surface area contributed by atoms with Crippen LogP contribution in [0.1, 0.15) is 48.9 Å². The smallest absolute Gasteiger partial charge is 0.323 e. The molecular weight excluding hydrogens is 462 g/mol. The van der Waals surface area contributed by atoms with Gasteiger partial charge in [0.2, 0.25) is 0 Å². The zero-order chi connectivity index (χ0) is 24.4. The summed E-state index contributed by atoms with van der Waals surface area (Å²) in [6, 6.07) is 20.5. The molecule has 3 aromatic rings. The number of amides is 3. The molecule has 0 saturated carbocycles. The number of benzene rings is 3. The molecule has 3 aromatic carbocycles. The Morgan fingerprint density at radius 3 is 2.63 bits per heavy atom. The third-order valence-electron chi connectivity index (χ3n) is 6.65. The number of anilines is 2. The summed E-state index contributed by atoms with van der Waals surface area (Å²) in [7, 11) is 0. The highest BCUT2D eigenvalue weighted by Crippen LogP contribution is 2.39. The Hall–Kier alpha value is -3.51. The van der Waals surface area contributed by atoms with Gasteiger partial charge in [0.1, 0.15) is 5.75 Å². The van der Waals surface area contributed by atoms with Crippen LogP contribution in [0.5, 0.6) is 5.75 Å². The van der Waals surface area contributed by atoms with Crippen molar-refractivity contribution >= 4 is 34.9 Å². The Balaban J connectivity index is 1.41. The van der Waals surface area contributed by atoms with Gasteiger partial charge in [0.25, 0.3) is 5.91 Å². The second kappa shape index (κ2) is 10.0. The van der Waals surface area contributed by atoms with E-state index in [-0.39, 0.29) is 18.0 Å². The lowest BCUT2D eigenvalue weighted by molar-refractivity contribution is -0.141. The Labute approximate surface area is 210 Å². The first-order chi connectivity index (χ1) is 17.0. The molecule has 6 nitrogen and oxygen atoms in total. The van der Waals surface area contributed by atoms with Gasteiger partial charge in [0.15, 0.2) is 6.10 Å². The van der Waals surface area contributed by atoms with E-state index in [1.54, 1.807) is 30.3 Å². The number of carbonyl (C=O) groups is 2. The highest BCUT2D eigenvalue weighted by atomic mass is 35.5. The topological polar surface area (TPSA) is 70.7 Å². The summed E-state index contributed by atoms with van der Waals surface area (Å²) >= 11 is 6.01. The maximum Gasteiger partial charge on any atom is 0.323 e. The summed E-state index contributed by atoms with van der Waals surface area (Å²) in [5.41, 5.74) is 4.63. The Morgan fingerprint density at radius 1 is 1.03 bits per heavy atom. The fraction of sp³-hybridized carbons (Fsp3) is 0.286. The maximum atomic E-state index is 13.6. The van der Waals surface area contributed by atoms with Gasteiger partial charge in [-0.3, -0.25) is 4.79 Å². The van der Waals surface area contributed by atoms with Crippen molar-refractivity contribution in [3.63, 3.8) is 0 Å². The minimum absolute atomic E-state index is 0.0126. The molecule has 1 aliphatic carbocycles. The fourth-order valence-electron chi connectivity index (χ4n) is 4.98. The highest BCUT2D eigenvalue weighted by Gasteiger charge is 2.36. The lowest BCUT2D eigenvalue weighted by Crippen LogP contribution is -2.42. The van der Waals surface area contributed by atoms with Crippen LogP contribution in [0.4, 0.5) is 16.2 Å². The van der Waals surface area contributed by atoms with Crippen molar-refractivity contribution in [1.29, 1.82) is 0 Å². The summed E-state index contributed by atoms with van der Waals surface area (Å²) < 4.78 is 6.16. The molecular formula is C28H28ClN3O3. The predicted molar refractivity (Wildman–Crippen MR) is 138 cm³/mol. The number of nitrogens with one attached hydrogen (secondary N) is 2. The van der Waals surface area contributed by atoms with E-state index in [9.17, 15) is 9.59 Å². The van der Waals surface area contributed by atoms with Crippen molar-refractivity contribution in [3.05, 3.63) is 88.4 Å². The van der Waals surface area contributed by atoms with Crippen molar-refractivity contribution in [2.24, 2.45) is 0 Å². The highest BCUT2D eigenvalue weighted by molar-refractivity contribution is 6.30. The molecule has 5 rings (SSSR count). The van der Waals surface area contributed by atoms with E-state index in [1.807, 2.05) is 30.0 Å². The zero-order valence-electron chi connectivity index (χ0n) is 19.6. The van der Waals surface area contributed by atoms with Crippen LogP contribution >= 0.6 is 11.6 Å². The number of fused-ring (bicyclic) bond motifs is 2. The van der Waals surface area contributed by atoms with Gasteiger partial charge >= 0.3 is 6.03 Å². The van der Waals surface area contributed by atoms with Crippen LogP contribution in [0.15, 0.2) is 66.7 Å². The number of hydrogen-bond acceptors (Lipinski definition) is 3. The summed E-state index contributed by atoms with van der Waals surface area (Å²) in [5.74, 6) is 0.691. The third-order valence-corrected chi connectivity index (χ3v) is 6.89. The van der Waals surface area contributed by atoms with Crippen molar-refractivity contribution in [3.8, 4) is 5.75 Å². The Kier molecular flexibility index (Phi) is 6.64. The molecule has 2 N–H and O–H groups in total. The second-order valence-electron chi connectivity index (χ2n) is 9.00. The van der Waals surface area contributed by atoms with Crippen molar-refractivity contribution < 1.29 is 14.3 Å². The normalized spacial score (nSPS) is 19.1. The predicted octanol–water partition coefficient (Wildman–Crippen LogP) is 6.56. The van der Waals surface area contributed by atoms with Crippen LogP contribution in [-0.2, 0) is 17.8 Å². The molecule has 0 bridgehead atoms. The van der Waals surface area contributed by atoms with E-state index >= 15 is 0 Å². The standard InChI is InChI=1S/C28H28ClN3O3/c1-2-25-27(33)32(24-12-5-8-18-7-3-4-11-23(18)24)17-19-15-22(13-14-26(19)35-25)31-28(34)30-21-10-6-9-20(29)16-21/h3-4,6-7,9-11,13-16,24-25H,2,5,8,12,17H2,1H3,(H2,30,31,34). The van der Waals surface area contributed by atoms with E-state index in [4.69, 9.17) is 16.3 Å². The molecule has 0 saturated heterocycles. The molecule has 0 fully saturated rings. The van der Waals surface area contributed by atoms with Crippen LogP contribution in [0.2, 0.25) is 5.02 Å². The Bertz CT molecular complexity index is 1260. The number of aryl methyl sites for hydroxylation is 1. The number of hydrogen-bond donors (Lipinski definition) is 2. The van der Waals surface area contributed by atoms with Gasteiger partial charge < -0.3 is 20.3 Å². The van der Waals surface area contributed by atoms with Crippen molar-refractivity contribution in [2.75, 3.05) is 10.6 Å². The molecule has 1 heterocycles. The quantitative estimate of drug-likeness (QED) is 0.436. The Morgan fingerprint density at radius 2 is 1.83 bits per heavy atom. The summed E-state index contributed by atoms with van der Waals surface area (Å²) in [6.07, 6.45) is 3.06. The van der Waals surface area contributed by atoms with Crippen LogP contribution in [0.25, 0.3) is 0 Å². The number of halogens is 1. The van der Waals surface area contributed by atoms with E-state index < -0.39 is 6.10 Å². The minimum atomic E-state index is -0.532. The van der Waals surface area contributed by atoms with E-state index in [1.165, 1.54) is 11.1 Å². The number of nitrogens with zero attached hydrogens (tertiary/aromatic N) is 1. The summed E-state index contributed by atoms with van der Waals surface area (Å²) in [5, 5.41) is 6.21. The first-order valence-electron chi connectivity index (χ1n) is 12.0. The fourth-order valence-corrected chi connectivity index (χ4v) is 5.17. The molecule has 0 aromatic heterocycles. The van der Waals surface area contributed by atoms with Gasteiger partial charge in [-0.2, -0.15) is 0 Å². The lowest BCUT2D eigenvalue weighted by Gasteiger charge is -2.36. The maximum absolute atomic E-state index is 13.6. The van der Waals surface area contributed by atoms with Gasteiger partial charge in [-0.05, 0) is 73.2 Å². The van der Waals surface area contributed by atoms with Crippen molar-refractivity contribution in [2.45, 2.75) is 51.3 Å². The number of ether oxygens (including phenoxy) is 1. The van der Waals surface area contributed by atoms with E-state index in [0.717, 1.165) is 24.8 Å². The van der Waals surface area contributed by atoms with Crippen LogP contribution in [0, 0.1) is 0 Å². The van der Waals surface area contributed by atoms with Gasteiger partial charge in [-0.15, -0.1) is 0 Å². The summed E-state index contributed by atoms with van der Waals surface area (Å²) in [4.78, 5) is 28.1.